The van der Waals surface area contributed by atoms with Gasteiger partial charge >= 0.3 is 6.09 Å². The molecule has 0 radical (unpaired) electrons. The molecule has 1 aliphatic rings. The molecule has 1 atom stereocenters. The number of allylic oxidation sites excluding steroid dienone is 2. The molecule has 0 bridgehead atoms. The highest BCUT2D eigenvalue weighted by Gasteiger charge is 2.23. The molecule has 6 heteroatoms. The van der Waals surface area contributed by atoms with Gasteiger partial charge in [0.2, 0.25) is 0 Å². The van der Waals surface area contributed by atoms with E-state index in [0.717, 1.165) is 21.4 Å². The van der Waals surface area contributed by atoms with Crippen LogP contribution in [-0.2, 0) is 9.53 Å². The number of hydrogen-bond acceptors (Lipinski definition) is 4. The number of nitrogens with zero attached hydrogens (tertiary/aromatic N) is 1. The first-order valence-corrected chi connectivity index (χ1v) is 8.29. The van der Waals surface area contributed by atoms with Gasteiger partial charge in [-0.05, 0) is 31.5 Å². The summed E-state index contributed by atoms with van der Waals surface area (Å²) in [5.41, 5.74) is 3.20. The van der Waals surface area contributed by atoms with Crippen LogP contribution in [0.4, 0.5) is 10.5 Å². The number of rotatable bonds is 6. The summed E-state index contributed by atoms with van der Waals surface area (Å²) >= 11 is 3.50. The van der Waals surface area contributed by atoms with Gasteiger partial charge in [-0.15, -0.1) is 6.58 Å². The molecular formula is C18H19BrN2O3. The summed E-state index contributed by atoms with van der Waals surface area (Å²) in [6, 6.07) is 5.42. The van der Waals surface area contributed by atoms with E-state index in [-0.39, 0.29) is 11.7 Å². The molecule has 1 N–H and O–H groups in total. The molecule has 0 aromatic heterocycles. The van der Waals surface area contributed by atoms with Crippen LogP contribution in [0.5, 0.6) is 0 Å². The summed E-state index contributed by atoms with van der Waals surface area (Å²) in [6.45, 7) is 5.29. The average Bonchev–Trinajstić information content (AvgIpc) is 3.01. The number of methoxy groups -OCH3 is 1. The lowest BCUT2D eigenvalue weighted by atomic mass is 9.94. The van der Waals surface area contributed by atoms with E-state index < -0.39 is 6.09 Å². The lowest BCUT2D eigenvalue weighted by Crippen LogP contribution is -2.19. The van der Waals surface area contributed by atoms with Crippen LogP contribution in [0.1, 0.15) is 25.3 Å². The van der Waals surface area contributed by atoms with Crippen molar-refractivity contribution in [3.63, 3.8) is 0 Å². The first kappa shape index (κ1) is 18.1. The predicted molar refractivity (Wildman–Crippen MR) is 99.2 cm³/mol. The van der Waals surface area contributed by atoms with Crippen LogP contribution in [0.2, 0.25) is 0 Å². The van der Waals surface area contributed by atoms with E-state index in [1.165, 1.54) is 7.11 Å². The van der Waals surface area contributed by atoms with E-state index in [4.69, 9.17) is 0 Å². The third kappa shape index (κ3) is 4.20. The van der Waals surface area contributed by atoms with Crippen LogP contribution < -0.4 is 5.32 Å². The van der Waals surface area contributed by atoms with Gasteiger partial charge in [0.05, 0.1) is 18.7 Å². The SMILES string of the molecule is C=CCC(C(C)=O)C1=NC(c2ccc(NC(=O)OC)cc2Br)=CC1. The minimum absolute atomic E-state index is 0.0972. The molecule has 24 heavy (non-hydrogen) atoms. The lowest BCUT2D eigenvalue weighted by molar-refractivity contribution is -0.118. The average molecular weight is 391 g/mol. The molecule has 0 saturated carbocycles. The topological polar surface area (TPSA) is 67.8 Å². The normalized spacial score (nSPS) is 14.5. The van der Waals surface area contributed by atoms with E-state index >= 15 is 0 Å². The first-order valence-electron chi connectivity index (χ1n) is 7.50. The summed E-state index contributed by atoms with van der Waals surface area (Å²) in [7, 11) is 1.31. The molecule has 5 nitrogen and oxygen atoms in total. The third-order valence-electron chi connectivity index (χ3n) is 3.74. The highest BCUT2D eigenvalue weighted by molar-refractivity contribution is 9.10. The molecule has 2 rings (SSSR count). The number of aliphatic imine (C=N–C) groups is 1. The largest absolute Gasteiger partial charge is 0.453 e. The maximum absolute atomic E-state index is 11.8. The van der Waals surface area contributed by atoms with Crippen molar-refractivity contribution < 1.29 is 14.3 Å². The standard InChI is InChI=1S/C18H19BrN2O3/c1-4-5-13(11(2)22)16-8-9-17(21-16)14-7-6-12(10-15(14)19)20-18(23)24-3/h4,6-7,9-10,13H,1,5,8H2,2-3H3,(H,20,23). The lowest BCUT2D eigenvalue weighted by Gasteiger charge is -2.11. The number of nitrogens with one attached hydrogen (secondary N) is 1. The highest BCUT2D eigenvalue weighted by Crippen LogP contribution is 2.32. The number of hydrogen-bond donors (Lipinski definition) is 1. The number of halogens is 1. The van der Waals surface area contributed by atoms with Gasteiger partial charge in [0.1, 0.15) is 5.78 Å². The molecule has 1 aromatic rings. The number of amides is 1. The van der Waals surface area contributed by atoms with Gasteiger partial charge in [0.25, 0.3) is 0 Å². The summed E-state index contributed by atoms with van der Waals surface area (Å²) in [5, 5.41) is 2.61. The van der Waals surface area contributed by atoms with Gasteiger partial charge in [-0.1, -0.05) is 28.1 Å². The Labute approximate surface area is 149 Å². The molecule has 1 aromatic carbocycles. The molecule has 0 saturated heterocycles. The maximum atomic E-state index is 11.8. The molecule has 0 spiro atoms. The van der Waals surface area contributed by atoms with E-state index in [1.807, 2.05) is 12.1 Å². The molecule has 1 aliphatic heterocycles. The fourth-order valence-electron chi connectivity index (χ4n) is 2.51. The summed E-state index contributed by atoms with van der Waals surface area (Å²) in [4.78, 5) is 27.7. The third-order valence-corrected chi connectivity index (χ3v) is 4.40. The Morgan fingerprint density at radius 3 is 2.83 bits per heavy atom. The van der Waals surface area contributed by atoms with Crippen molar-refractivity contribution in [1.82, 2.24) is 0 Å². The predicted octanol–water partition coefficient (Wildman–Crippen LogP) is 4.59. The Bertz CT molecular complexity index is 738. The molecule has 1 unspecified atom stereocenters. The number of anilines is 1. The number of benzene rings is 1. The fourth-order valence-corrected chi connectivity index (χ4v) is 3.09. The van der Waals surface area contributed by atoms with Crippen LogP contribution in [-0.4, -0.2) is 24.7 Å². The number of ether oxygens (including phenoxy) is 1. The zero-order valence-corrected chi connectivity index (χ0v) is 15.2. The van der Waals surface area contributed by atoms with Gasteiger partial charge in [-0.3, -0.25) is 15.1 Å². The zero-order valence-electron chi connectivity index (χ0n) is 13.6. The minimum atomic E-state index is -0.524. The van der Waals surface area contributed by atoms with E-state index in [1.54, 1.807) is 25.1 Å². The smallest absolute Gasteiger partial charge is 0.411 e. The van der Waals surface area contributed by atoms with Gasteiger partial charge in [0, 0.05) is 27.9 Å². The van der Waals surface area contributed by atoms with E-state index in [2.05, 4.69) is 37.6 Å². The second kappa shape index (κ2) is 8.06. The Hall–Kier alpha value is -2.21. The highest BCUT2D eigenvalue weighted by atomic mass is 79.9. The number of carbonyl (C=O) groups is 2. The van der Waals surface area contributed by atoms with Gasteiger partial charge in [-0.2, -0.15) is 0 Å². The van der Waals surface area contributed by atoms with Crippen molar-refractivity contribution in [1.29, 1.82) is 0 Å². The Morgan fingerprint density at radius 1 is 1.50 bits per heavy atom. The van der Waals surface area contributed by atoms with Crippen molar-refractivity contribution in [2.45, 2.75) is 19.8 Å². The summed E-state index contributed by atoms with van der Waals surface area (Å²) in [5.74, 6) is -0.115. The Morgan fingerprint density at radius 2 is 2.25 bits per heavy atom. The van der Waals surface area contributed by atoms with Gasteiger partial charge in [-0.25, -0.2) is 4.79 Å². The van der Waals surface area contributed by atoms with Crippen LogP contribution in [0.25, 0.3) is 5.70 Å². The van der Waals surface area contributed by atoms with Crippen LogP contribution in [0.3, 0.4) is 0 Å². The molecule has 1 amide bonds. The number of carbonyl (C=O) groups excluding carboxylic acids is 2. The Balaban J connectivity index is 2.22. The number of Topliss-reactive ketones (excluding diaryl/α,β-unsaturated/α-hetero) is 1. The van der Waals surface area contributed by atoms with Gasteiger partial charge in [0.15, 0.2) is 0 Å². The Kier molecular flexibility index (Phi) is 6.09. The van der Waals surface area contributed by atoms with Crippen LogP contribution >= 0.6 is 15.9 Å². The van der Waals surface area contributed by atoms with Crippen molar-refractivity contribution in [3.8, 4) is 0 Å². The zero-order chi connectivity index (χ0) is 17.7. The summed E-state index contributed by atoms with van der Waals surface area (Å²) < 4.78 is 5.37. The number of ketones is 1. The van der Waals surface area contributed by atoms with Crippen molar-refractivity contribution in [3.05, 3.63) is 47.0 Å². The second-order valence-corrected chi connectivity index (χ2v) is 6.25. The van der Waals surface area contributed by atoms with Crippen molar-refractivity contribution in [2.24, 2.45) is 10.9 Å². The van der Waals surface area contributed by atoms with E-state index in [0.29, 0.717) is 18.5 Å². The van der Waals surface area contributed by atoms with Gasteiger partial charge < -0.3 is 4.74 Å². The first-order chi connectivity index (χ1) is 11.5. The van der Waals surface area contributed by atoms with Crippen LogP contribution in [0, 0.1) is 5.92 Å². The van der Waals surface area contributed by atoms with E-state index in [9.17, 15) is 9.59 Å². The molecular weight excluding hydrogens is 372 g/mol. The van der Waals surface area contributed by atoms with Crippen molar-refractivity contribution in [2.75, 3.05) is 12.4 Å². The monoisotopic (exact) mass is 390 g/mol. The summed E-state index contributed by atoms with van der Waals surface area (Å²) in [6.07, 6.45) is 4.47. The molecule has 0 fully saturated rings. The fraction of sp³-hybridized carbons (Fsp3) is 0.278. The quantitative estimate of drug-likeness (QED) is 0.721. The molecule has 0 aliphatic carbocycles. The molecule has 126 valence electrons. The van der Waals surface area contributed by atoms with Crippen LogP contribution in [0.15, 0.2) is 46.4 Å². The minimum Gasteiger partial charge on any atom is -0.453 e. The second-order valence-electron chi connectivity index (χ2n) is 5.40. The maximum Gasteiger partial charge on any atom is 0.411 e. The van der Waals surface area contributed by atoms with Crippen molar-refractivity contribution >= 4 is 44.9 Å². The molecule has 1 heterocycles.